The largest absolute Gasteiger partial charge is 0.481 e. The Bertz CT molecular complexity index is 653. The molecule has 1 aromatic heterocycles. The zero-order chi connectivity index (χ0) is 19.1. The summed E-state index contributed by atoms with van der Waals surface area (Å²) in [6.07, 6.45) is 3.32. The third kappa shape index (κ3) is 5.09. The highest BCUT2D eigenvalue weighted by atomic mass is 16.5. The number of methoxy groups -OCH3 is 1. The summed E-state index contributed by atoms with van der Waals surface area (Å²) in [5.41, 5.74) is 1.05. The topological polar surface area (TPSA) is 79.3 Å². The van der Waals surface area contributed by atoms with E-state index in [9.17, 15) is 4.79 Å². The van der Waals surface area contributed by atoms with Gasteiger partial charge in [0.25, 0.3) is 5.91 Å². The van der Waals surface area contributed by atoms with Gasteiger partial charge in [-0.3, -0.25) is 4.79 Å². The van der Waals surface area contributed by atoms with Gasteiger partial charge in [0.1, 0.15) is 6.10 Å². The molecule has 1 unspecified atom stereocenters. The van der Waals surface area contributed by atoms with Crippen LogP contribution in [0.4, 0.5) is 0 Å². The number of aliphatic imine (C=N–C) groups is 1. The highest BCUT2D eigenvalue weighted by Crippen LogP contribution is 2.16. The van der Waals surface area contributed by atoms with Crippen molar-refractivity contribution in [2.45, 2.75) is 32.4 Å². The molecule has 8 nitrogen and oxygen atoms in total. The molecule has 0 bridgehead atoms. The Morgan fingerprint density at radius 1 is 1.37 bits per heavy atom. The summed E-state index contributed by atoms with van der Waals surface area (Å²) in [7, 11) is 1.61. The molecule has 0 radical (unpaired) electrons. The zero-order valence-corrected chi connectivity index (χ0v) is 16.2. The molecule has 0 spiro atoms. The van der Waals surface area contributed by atoms with Crippen LogP contribution in [0.25, 0.3) is 0 Å². The minimum absolute atomic E-state index is 0.137. The average molecular weight is 375 g/mol. The number of carbonyl (C=O) groups excluding carboxylic acids is 1. The van der Waals surface area contributed by atoms with Crippen LogP contribution in [-0.2, 0) is 16.1 Å². The third-order valence-electron chi connectivity index (χ3n) is 4.85. The van der Waals surface area contributed by atoms with E-state index in [1.807, 2.05) is 17.0 Å². The molecule has 3 heterocycles. The smallest absolute Gasteiger partial charge is 0.251 e. The van der Waals surface area contributed by atoms with Crippen molar-refractivity contribution in [1.29, 1.82) is 0 Å². The van der Waals surface area contributed by atoms with E-state index in [-0.39, 0.29) is 12.0 Å². The fourth-order valence-electron chi connectivity index (χ4n) is 3.37. The molecule has 2 aliphatic heterocycles. The van der Waals surface area contributed by atoms with Gasteiger partial charge in [-0.05, 0) is 31.4 Å². The van der Waals surface area contributed by atoms with Crippen LogP contribution in [0.15, 0.2) is 23.3 Å². The Morgan fingerprint density at radius 3 is 2.81 bits per heavy atom. The molecule has 0 aliphatic carbocycles. The Hall–Kier alpha value is -2.35. The van der Waals surface area contributed by atoms with Crippen LogP contribution in [0.5, 0.6) is 5.88 Å². The number of pyridine rings is 1. The van der Waals surface area contributed by atoms with Gasteiger partial charge in [-0.25, -0.2) is 9.98 Å². The summed E-state index contributed by atoms with van der Waals surface area (Å²) >= 11 is 0. The van der Waals surface area contributed by atoms with Gasteiger partial charge in [-0.1, -0.05) is 0 Å². The molecule has 2 saturated heterocycles. The Labute approximate surface area is 160 Å². The standard InChI is InChI=1S/C19H29N5O3/c1-3-20-19(22-14-15-6-7-21-17(13-15)26-2)24-10-8-23(9-11-24)18(25)16-5-4-12-27-16/h6-7,13,16H,3-5,8-12,14H2,1-2H3,(H,20,22). The molecule has 0 aromatic carbocycles. The number of carbonyl (C=O) groups is 1. The Balaban J connectivity index is 1.57. The van der Waals surface area contributed by atoms with Crippen LogP contribution in [0.1, 0.15) is 25.3 Å². The molecule has 2 aliphatic rings. The molecular formula is C19H29N5O3. The van der Waals surface area contributed by atoms with Crippen LogP contribution >= 0.6 is 0 Å². The van der Waals surface area contributed by atoms with Crippen molar-refractivity contribution in [1.82, 2.24) is 20.1 Å². The monoisotopic (exact) mass is 375 g/mol. The predicted octanol–water partition coefficient (Wildman–Crippen LogP) is 0.879. The Kier molecular flexibility index (Phi) is 6.86. The van der Waals surface area contributed by atoms with Crippen molar-refractivity contribution < 1.29 is 14.3 Å². The SMILES string of the molecule is CCNC(=NCc1ccnc(OC)c1)N1CCN(C(=O)C2CCCO2)CC1. The predicted molar refractivity (Wildman–Crippen MR) is 103 cm³/mol. The van der Waals surface area contributed by atoms with E-state index in [1.54, 1.807) is 13.3 Å². The van der Waals surface area contributed by atoms with Gasteiger partial charge in [-0.15, -0.1) is 0 Å². The molecule has 1 aromatic rings. The lowest BCUT2D eigenvalue weighted by Crippen LogP contribution is -2.55. The second-order valence-electron chi connectivity index (χ2n) is 6.69. The fourth-order valence-corrected chi connectivity index (χ4v) is 3.37. The fraction of sp³-hybridized carbons (Fsp3) is 0.632. The van der Waals surface area contributed by atoms with Gasteiger partial charge < -0.3 is 24.6 Å². The molecule has 1 N–H and O–H groups in total. The lowest BCUT2D eigenvalue weighted by Gasteiger charge is -2.37. The number of piperazine rings is 1. The van der Waals surface area contributed by atoms with E-state index in [0.29, 0.717) is 32.1 Å². The van der Waals surface area contributed by atoms with Crippen LogP contribution in [0.2, 0.25) is 0 Å². The first kappa shape index (κ1) is 19.4. The number of nitrogens with one attached hydrogen (secondary N) is 1. The first-order chi connectivity index (χ1) is 13.2. The molecule has 27 heavy (non-hydrogen) atoms. The molecule has 3 rings (SSSR count). The highest BCUT2D eigenvalue weighted by Gasteiger charge is 2.30. The van der Waals surface area contributed by atoms with Gasteiger partial charge in [-0.2, -0.15) is 0 Å². The first-order valence-electron chi connectivity index (χ1n) is 9.64. The minimum Gasteiger partial charge on any atom is -0.481 e. The second-order valence-corrected chi connectivity index (χ2v) is 6.69. The van der Waals surface area contributed by atoms with Gasteiger partial charge in [0, 0.05) is 51.6 Å². The van der Waals surface area contributed by atoms with Crippen LogP contribution in [0.3, 0.4) is 0 Å². The Morgan fingerprint density at radius 2 is 2.15 bits per heavy atom. The number of nitrogens with zero attached hydrogens (tertiary/aromatic N) is 4. The van der Waals surface area contributed by atoms with E-state index in [0.717, 1.165) is 44.0 Å². The first-order valence-corrected chi connectivity index (χ1v) is 9.64. The van der Waals surface area contributed by atoms with Crippen LogP contribution < -0.4 is 10.1 Å². The summed E-state index contributed by atoms with van der Waals surface area (Å²) in [5.74, 6) is 1.60. The quantitative estimate of drug-likeness (QED) is 0.608. The second kappa shape index (κ2) is 9.55. The lowest BCUT2D eigenvalue weighted by molar-refractivity contribution is -0.142. The lowest BCUT2D eigenvalue weighted by atomic mass is 10.2. The van der Waals surface area contributed by atoms with E-state index < -0.39 is 0 Å². The summed E-state index contributed by atoms with van der Waals surface area (Å²) in [5, 5.41) is 3.35. The van der Waals surface area contributed by atoms with Crippen molar-refractivity contribution in [2.75, 3.05) is 46.4 Å². The maximum absolute atomic E-state index is 12.5. The molecular weight excluding hydrogens is 346 g/mol. The number of ether oxygens (including phenoxy) is 2. The van der Waals surface area contributed by atoms with E-state index >= 15 is 0 Å². The van der Waals surface area contributed by atoms with Crippen molar-refractivity contribution in [3.63, 3.8) is 0 Å². The van der Waals surface area contributed by atoms with E-state index in [4.69, 9.17) is 14.5 Å². The molecule has 1 amide bonds. The number of aromatic nitrogens is 1. The van der Waals surface area contributed by atoms with Crippen molar-refractivity contribution in [3.05, 3.63) is 23.9 Å². The number of amides is 1. The zero-order valence-electron chi connectivity index (χ0n) is 16.2. The molecule has 2 fully saturated rings. The normalized spacial score (nSPS) is 20.7. The minimum atomic E-state index is -0.236. The van der Waals surface area contributed by atoms with Crippen molar-refractivity contribution >= 4 is 11.9 Å². The number of hydrogen-bond acceptors (Lipinski definition) is 5. The maximum atomic E-state index is 12.5. The molecule has 148 valence electrons. The number of hydrogen-bond donors (Lipinski definition) is 1. The maximum Gasteiger partial charge on any atom is 0.251 e. The summed E-state index contributed by atoms with van der Waals surface area (Å²) in [6.45, 7) is 7.05. The summed E-state index contributed by atoms with van der Waals surface area (Å²) in [6, 6.07) is 3.83. The molecule has 8 heteroatoms. The van der Waals surface area contributed by atoms with Gasteiger partial charge >= 0.3 is 0 Å². The molecule has 0 saturated carbocycles. The molecule has 1 atom stereocenters. The van der Waals surface area contributed by atoms with E-state index in [2.05, 4.69) is 22.1 Å². The average Bonchev–Trinajstić information content (AvgIpc) is 3.26. The number of guanidine groups is 1. The van der Waals surface area contributed by atoms with Gasteiger partial charge in [0.15, 0.2) is 5.96 Å². The van der Waals surface area contributed by atoms with Crippen LogP contribution in [-0.4, -0.2) is 79.2 Å². The summed E-state index contributed by atoms with van der Waals surface area (Å²) in [4.78, 5) is 25.5. The summed E-state index contributed by atoms with van der Waals surface area (Å²) < 4.78 is 10.7. The highest BCUT2D eigenvalue weighted by molar-refractivity contribution is 5.82. The van der Waals surface area contributed by atoms with Crippen LogP contribution in [0, 0.1) is 0 Å². The van der Waals surface area contributed by atoms with Gasteiger partial charge in [0.2, 0.25) is 5.88 Å². The third-order valence-corrected chi connectivity index (χ3v) is 4.85. The van der Waals surface area contributed by atoms with E-state index in [1.165, 1.54) is 0 Å². The van der Waals surface area contributed by atoms with Gasteiger partial charge in [0.05, 0.1) is 13.7 Å². The van der Waals surface area contributed by atoms with Crippen molar-refractivity contribution in [3.8, 4) is 5.88 Å². The number of rotatable bonds is 5. The van der Waals surface area contributed by atoms with Crippen molar-refractivity contribution in [2.24, 2.45) is 4.99 Å².